The third-order valence-corrected chi connectivity index (χ3v) is 2.98. The third-order valence-electron chi connectivity index (χ3n) is 2.38. The van der Waals surface area contributed by atoms with Crippen LogP contribution < -0.4 is 15.2 Å². The zero-order chi connectivity index (χ0) is 13.8. The number of hydrogen-bond donors (Lipinski definition) is 1. The van der Waals surface area contributed by atoms with Crippen molar-refractivity contribution in [3.05, 3.63) is 46.6 Å². The fourth-order valence-electron chi connectivity index (χ4n) is 1.46. The topological polar surface area (TPSA) is 74.4 Å². The van der Waals surface area contributed by atoms with E-state index in [2.05, 4.69) is 20.9 Å². The molecule has 0 atom stereocenters. The van der Waals surface area contributed by atoms with E-state index >= 15 is 0 Å². The minimum absolute atomic E-state index is 0.351. The highest BCUT2D eigenvalue weighted by Crippen LogP contribution is 2.34. The molecule has 0 unspecified atom stereocenters. The van der Waals surface area contributed by atoms with Crippen molar-refractivity contribution in [2.24, 2.45) is 5.73 Å². The van der Waals surface area contributed by atoms with Crippen LogP contribution in [0.5, 0.6) is 17.4 Å². The fourth-order valence-corrected chi connectivity index (χ4v) is 1.79. The molecular weight excluding hydrogens is 312 g/mol. The summed E-state index contributed by atoms with van der Waals surface area (Å²) in [6, 6.07) is 8.29. The van der Waals surface area contributed by atoms with Crippen LogP contribution in [0.2, 0.25) is 0 Å². The summed E-state index contributed by atoms with van der Waals surface area (Å²) in [5, 5.41) is 0. The first-order valence-electron chi connectivity index (χ1n) is 5.38. The molecule has 0 aliphatic rings. The third kappa shape index (κ3) is 3.03. The van der Waals surface area contributed by atoms with Gasteiger partial charge in [0.05, 0.1) is 11.6 Å². The highest BCUT2D eigenvalue weighted by atomic mass is 79.9. The zero-order valence-electron chi connectivity index (χ0n) is 10.1. The second-order valence-corrected chi connectivity index (χ2v) is 4.48. The Labute approximate surface area is 118 Å². The summed E-state index contributed by atoms with van der Waals surface area (Å²) in [6.07, 6.45) is 1.62. The largest absolute Gasteiger partial charge is 0.493 e. The molecule has 1 amide bonds. The number of halogens is 1. The Morgan fingerprint density at radius 1 is 1.32 bits per heavy atom. The van der Waals surface area contributed by atoms with Gasteiger partial charge in [-0.25, -0.2) is 4.98 Å². The van der Waals surface area contributed by atoms with Gasteiger partial charge in [0.1, 0.15) is 0 Å². The normalized spacial score (nSPS) is 10.0. The fraction of sp³-hybridized carbons (Fsp3) is 0.0769. The van der Waals surface area contributed by atoms with Crippen LogP contribution in [0.25, 0.3) is 0 Å². The van der Waals surface area contributed by atoms with Crippen LogP contribution in [-0.4, -0.2) is 18.0 Å². The second kappa shape index (κ2) is 5.71. The lowest BCUT2D eigenvalue weighted by Crippen LogP contribution is -2.10. The van der Waals surface area contributed by atoms with Crippen molar-refractivity contribution >= 4 is 21.8 Å². The summed E-state index contributed by atoms with van der Waals surface area (Å²) in [6.45, 7) is 0. The van der Waals surface area contributed by atoms with Crippen LogP contribution >= 0.6 is 15.9 Å². The Morgan fingerprint density at radius 2 is 2.11 bits per heavy atom. The molecule has 0 bridgehead atoms. The molecule has 2 N–H and O–H groups in total. The lowest BCUT2D eigenvalue weighted by Gasteiger charge is -2.11. The molecule has 0 saturated heterocycles. The van der Waals surface area contributed by atoms with Crippen molar-refractivity contribution < 1.29 is 14.3 Å². The van der Waals surface area contributed by atoms with E-state index in [0.717, 1.165) is 4.47 Å². The number of pyridine rings is 1. The van der Waals surface area contributed by atoms with Crippen molar-refractivity contribution in [2.45, 2.75) is 0 Å². The number of aromatic nitrogens is 1. The van der Waals surface area contributed by atoms with Gasteiger partial charge in [0.2, 0.25) is 11.8 Å². The molecule has 6 heteroatoms. The number of amides is 1. The molecule has 0 radical (unpaired) electrons. The molecule has 19 heavy (non-hydrogen) atoms. The Morgan fingerprint density at radius 3 is 2.74 bits per heavy atom. The number of benzene rings is 1. The first-order valence-corrected chi connectivity index (χ1v) is 6.17. The number of nitrogens with zero attached hydrogens (tertiary/aromatic N) is 1. The summed E-state index contributed by atoms with van der Waals surface area (Å²) in [4.78, 5) is 15.2. The summed E-state index contributed by atoms with van der Waals surface area (Å²) >= 11 is 3.34. The van der Waals surface area contributed by atoms with E-state index in [0.29, 0.717) is 22.9 Å². The molecular formula is C13H11BrN2O3. The Hall–Kier alpha value is -2.08. The number of nitrogens with two attached hydrogens (primary N) is 1. The lowest BCUT2D eigenvalue weighted by atomic mass is 10.2. The standard InChI is InChI=1S/C13H11BrN2O3/c1-18-11-7-8(12(15)17)4-5-10(11)19-13-9(14)3-2-6-16-13/h2-7H,1H3,(H2,15,17). The minimum Gasteiger partial charge on any atom is -0.493 e. The maximum atomic E-state index is 11.1. The molecule has 0 spiro atoms. The van der Waals surface area contributed by atoms with Crippen molar-refractivity contribution in [1.29, 1.82) is 0 Å². The molecule has 0 fully saturated rings. The summed E-state index contributed by atoms with van der Waals surface area (Å²) < 4.78 is 11.5. The van der Waals surface area contributed by atoms with E-state index in [1.54, 1.807) is 24.4 Å². The predicted octanol–water partition coefficient (Wildman–Crippen LogP) is 2.74. The molecule has 1 aromatic carbocycles. The van der Waals surface area contributed by atoms with Crippen molar-refractivity contribution in [1.82, 2.24) is 4.98 Å². The van der Waals surface area contributed by atoms with E-state index in [-0.39, 0.29) is 0 Å². The van der Waals surface area contributed by atoms with E-state index < -0.39 is 5.91 Å². The Balaban J connectivity index is 2.35. The van der Waals surface area contributed by atoms with Gasteiger partial charge in [0.25, 0.3) is 0 Å². The lowest BCUT2D eigenvalue weighted by molar-refractivity contribution is 0.1000. The highest BCUT2D eigenvalue weighted by Gasteiger charge is 2.11. The van der Waals surface area contributed by atoms with Crippen LogP contribution in [0.3, 0.4) is 0 Å². The van der Waals surface area contributed by atoms with Crippen LogP contribution in [0.15, 0.2) is 41.0 Å². The Kier molecular flexibility index (Phi) is 4.01. The number of carbonyl (C=O) groups excluding carboxylic acids is 1. The van der Waals surface area contributed by atoms with Gasteiger partial charge in [-0.1, -0.05) is 0 Å². The summed E-state index contributed by atoms with van der Waals surface area (Å²) in [5.74, 6) is 0.747. The van der Waals surface area contributed by atoms with Gasteiger partial charge in [-0.2, -0.15) is 0 Å². The molecule has 0 aliphatic carbocycles. The van der Waals surface area contributed by atoms with Crippen LogP contribution in [0, 0.1) is 0 Å². The van der Waals surface area contributed by atoms with E-state index in [1.165, 1.54) is 13.2 Å². The van der Waals surface area contributed by atoms with Crippen molar-refractivity contribution in [3.8, 4) is 17.4 Å². The average Bonchev–Trinajstić information content (AvgIpc) is 2.41. The first kappa shape index (κ1) is 13.4. The predicted molar refractivity (Wildman–Crippen MR) is 73.5 cm³/mol. The number of methoxy groups -OCH3 is 1. The van der Waals surface area contributed by atoms with Crippen LogP contribution in [-0.2, 0) is 0 Å². The number of primary amides is 1. The maximum absolute atomic E-state index is 11.1. The number of carbonyl (C=O) groups is 1. The van der Waals surface area contributed by atoms with Gasteiger partial charge in [-0.3, -0.25) is 4.79 Å². The maximum Gasteiger partial charge on any atom is 0.248 e. The molecule has 0 aliphatic heterocycles. The average molecular weight is 323 g/mol. The molecule has 1 aromatic heterocycles. The smallest absolute Gasteiger partial charge is 0.248 e. The highest BCUT2D eigenvalue weighted by molar-refractivity contribution is 9.10. The molecule has 98 valence electrons. The van der Waals surface area contributed by atoms with E-state index in [1.807, 2.05) is 6.07 Å². The molecule has 2 rings (SSSR count). The Bertz CT molecular complexity index is 617. The number of ether oxygens (including phenoxy) is 2. The zero-order valence-corrected chi connectivity index (χ0v) is 11.7. The van der Waals surface area contributed by atoms with Gasteiger partial charge in [-0.15, -0.1) is 0 Å². The van der Waals surface area contributed by atoms with Gasteiger partial charge < -0.3 is 15.2 Å². The summed E-state index contributed by atoms with van der Waals surface area (Å²) in [5.41, 5.74) is 5.56. The first-order chi connectivity index (χ1) is 9.11. The van der Waals surface area contributed by atoms with Gasteiger partial charge in [-0.05, 0) is 46.3 Å². The SMILES string of the molecule is COc1cc(C(N)=O)ccc1Oc1ncccc1Br. The molecule has 1 heterocycles. The van der Waals surface area contributed by atoms with Gasteiger partial charge in [0.15, 0.2) is 11.5 Å². The molecule has 2 aromatic rings. The van der Waals surface area contributed by atoms with E-state index in [4.69, 9.17) is 15.2 Å². The van der Waals surface area contributed by atoms with Crippen LogP contribution in [0.1, 0.15) is 10.4 Å². The van der Waals surface area contributed by atoms with Crippen molar-refractivity contribution in [3.63, 3.8) is 0 Å². The summed E-state index contributed by atoms with van der Waals surface area (Å²) in [7, 11) is 1.49. The number of hydrogen-bond acceptors (Lipinski definition) is 4. The van der Waals surface area contributed by atoms with Crippen molar-refractivity contribution in [2.75, 3.05) is 7.11 Å². The second-order valence-electron chi connectivity index (χ2n) is 3.62. The molecule has 0 saturated carbocycles. The van der Waals surface area contributed by atoms with Gasteiger partial charge >= 0.3 is 0 Å². The quantitative estimate of drug-likeness (QED) is 0.939. The number of rotatable bonds is 4. The van der Waals surface area contributed by atoms with Gasteiger partial charge in [0, 0.05) is 11.8 Å². The van der Waals surface area contributed by atoms with Crippen LogP contribution in [0.4, 0.5) is 0 Å². The monoisotopic (exact) mass is 322 g/mol. The molecule has 5 nitrogen and oxygen atoms in total. The van der Waals surface area contributed by atoms with E-state index in [9.17, 15) is 4.79 Å². The minimum atomic E-state index is -0.524.